The van der Waals surface area contributed by atoms with Crippen LogP contribution in [0.25, 0.3) is 22.5 Å². The Hall–Kier alpha value is -3.37. The number of rotatable bonds is 4. The molecule has 5 heteroatoms. The summed E-state index contributed by atoms with van der Waals surface area (Å²) in [6, 6.07) is 26.0. The molecule has 0 aliphatic rings. The van der Waals surface area contributed by atoms with Gasteiger partial charge in [-0.1, -0.05) is 77.4 Å². The summed E-state index contributed by atoms with van der Waals surface area (Å²) in [6.45, 7) is 0. The van der Waals surface area contributed by atoms with Crippen molar-refractivity contribution in [2.45, 2.75) is 0 Å². The molecule has 0 aliphatic heterocycles. The molecule has 0 unspecified atom stereocenters. The number of nitrogens with zero attached hydrogens (tertiary/aromatic N) is 1. The Labute approximate surface area is 161 Å². The molecule has 0 fully saturated rings. The molecule has 0 saturated heterocycles. The van der Waals surface area contributed by atoms with Crippen LogP contribution < -0.4 is 5.32 Å². The molecule has 0 saturated carbocycles. The number of hydrogen-bond acceptors (Lipinski definition) is 3. The first-order chi connectivity index (χ1) is 13.2. The lowest BCUT2D eigenvalue weighted by Gasteiger charge is -2.07. The van der Waals surface area contributed by atoms with Crippen molar-refractivity contribution in [3.8, 4) is 22.5 Å². The van der Waals surface area contributed by atoms with E-state index in [9.17, 15) is 4.79 Å². The average molecular weight is 375 g/mol. The third-order valence-corrected chi connectivity index (χ3v) is 4.38. The highest BCUT2D eigenvalue weighted by atomic mass is 35.5. The molecule has 132 valence electrons. The van der Waals surface area contributed by atoms with Crippen LogP contribution in [0.1, 0.15) is 10.4 Å². The van der Waals surface area contributed by atoms with Crippen LogP contribution in [-0.2, 0) is 0 Å². The fourth-order valence-corrected chi connectivity index (χ4v) is 2.94. The second-order valence-electron chi connectivity index (χ2n) is 5.93. The maximum absolute atomic E-state index is 12.6. The molecule has 0 spiro atoms. The number of carbonyl (C=O) groups excluding carboxylic acids is 1. The Balaban J connectivity index is 1.79. The Bertz CT molecular complexity index is 1060. The summed E-state index contributed by atoms with van der Waals surface area (Å²) >= 11 is 6.03. The lowest BCUT2D eigenvalue weighted by Crippen LogP contribution is -2.12. The number of hydrogen-bond donors (Lipinski definition) is 1. The summed E-state index contributed by atoms with van der Waals surface area (Å²) in [7, 11) is 0. The van der Waals surface area contributed by atoms with Crippen LogP contribution in [0.2, 0.25) is 5.02 Å². The number of amides is 1. The topological polar surface area (TPSA) is 55.1 Å². The molecule has 27 heavy (non-hydrogen) atoms. The Morgan fingerprint density at radius 2 is 1.44 bits per heavy atom. The van der Waals surface area contributed by atoms with E-state index in [0.29, 0.717) is 27.7 Å². The lowest BCUT2D eigenvalue weighted by molar-refractivity contribution is 0.102. The Kier molecular flexibility index (Phi) is 4.73. The van der Waals surface area contributed by atoms with Crippen molar-refractivity contribution in [1.29, 1.82) is 0 Å². The molecule has 1 heterocycles. The van der Waals surface area contributed by atoms with Gasteiger partial charge in [0.2, 0.25) is 0 Å². The van der Waals surface area contributed by atoms with Crippen LogP contribution in [0, 0.1) is 0 Å². The van der Waals surface area contributed by atoms with Gasteiger partial charge in [0.25, 0.3) is 5.91 Å². The number of halogens is 1. The maximum Gasteiger partial charge on any atom is 0.256 e. The van der Waals surface area contributed by atoms with Crippen LogP contribution >= 0.6 is 11.6 Å². The van der Waals surface area contributed by atoms with Gasteiger partial charge >= 0.3 is 0 Å². The van der Waals surface area contributed by atoms with E-state index in [-0.39, 0.29) is 5.91 Å². The molecule has 1 amide bonds. The van der Waals surface area contributed by atoms with Gasteiger partial charge in [0.05, 0.1) is 5.56 Å². The third kappa shape index (κ3) is 3.61. The minimum absolute atomic E-state index is 0.251. The zero-order valence-electron chi connectivity index (χ0n) is 14.2. The Morgan fingerprint density at radius 1 is 0.815 bits per heavy atom. The summed E-state index contributed by atoms with van der Waals surface area (Å²) in [5.74, 6) is 0.699. The van der Waals surface area contributed by atoms with E-state index < -0.39 is 0 Å². The van der Waals surface area contributed by atoms with Crippen molar-refractivity contribution in [3.05, 3.63) is 95.5 Å². The predicted molar refractivity (Wildman–Crippen MR) is 107 cm³/mol. The van der Waals surface area contributed by atoms with E-state index >= 15 is 0 Å². The molecule has 0 aliphatic carbocycles. The normalized spacial score (nSPS) is 10.6. The van der Waals surface area contributed by atoms with Crippen LogP contribution in [0.4, 0.5) is 5.82 Å². The third-order valence-electron chi connectivity index (χ3n) is 4.13. The van der Waals surface area contributed by atoms with Crippen molar-refractivity contribution in [3.63, 3.8) is 0 Å². The van der Waals surface area contributed by atoms with E-state index in [1.54, 1.807) is 24.3 Å². The summed E-state index contributed by atoms with van der Waals surface area (Å²) < 4.78 is 5.61. The smallest absolute Gasteiger partial charge is 0.256 e. The SMILES string of the molecule is O=C(Nc1noc(-c2ccccc2)c1-c1ccc(Cl)cc1)c1ccccc1. The van der Waals surface area contributed by atoms with Gasteiger partial charge < -0.3 is 9.84 Å². The van der Waals surface area contributed by atoms with Gasteiger partial charge in [-0.3, -0.25) is 4.79 Å². The summed E-state index contributed by atoms with van der Waals surface area (Å²) in [6.07, 6.45) is 0. The van der Waals surface area contributed by atoms with E-state index in [4.69, 9.17) is 16.1 Å². The van der Waals surface area contributed by atoms with Crippen molar-refractivity contribution < 1.29 is 9.32 Å². The van der Waals surface area contributed by atoms with Gasteiger partial charge in [-0.25, -0.2) is 0 Å². The summed E-state index contributed by atoms with van der Waals surface area (Å²) in [5, 5.41) is 7.60. The van der Waals surface area contributed by atoms with Gasteiger partial charge in [0, 0.05) is 16.1 Å². The molecule has 4 rings (SSSR count). The zero-order chi connectivity index (χ0) is 18.6. The van der Waals surface area contributed by atoms with E-state index in [1.807, 2.05) is 60.7 Å². The first kappa shape index (κ1) is 17.1. The number of anilines is 1. The first-order valence-corrected chi connectivity index (χ1v) is 8.77. The van der Waals surface area contributed by atoms with Crippen LogP contribution in [0.5, 0.6) is 0 Å². The average Bonchev–Trinajstić information content (AvgIpc) is 3.13. The molecule has 0 radical (unpaired) electrons. The number of carbonyl (C=O) groups is 1. The number of nitrogens with one attached hydrogen (secondary N) is 1. The van der Waals surface area contributed by atoms with Crippen molar-refractivity contribution in [2.75, 3.05) is 5.32 Å². The molecule has 1 aromatic heterocycles. The first-order valence-electron chi connectivity index (χ1n) is 8.40. The second kappa shape index (κ2) is 7.48. The molecule has 0 bridgehead atoms. The van der Waals surface area contributed by atoms with Gasteiger partial charge in [0.15, 0.2) is 11.6 Å². The number of benzene rings is 3. The molecule has 4 nitrogen and oxygen atoms in total. The monoisotopic (exact) mass is 374 g/mol. The van der Waals surface area contributed by atoms with Crippen molar-refractivity contribution >= 4 is 23.3 Å². The quantitative estimate of drug-likeness (QED) is 0.482. The van der Waals surface area contributed by atoms with E-state index in [1.165, 1.54) is 0 Å². The largest absolute Gasteiger partial charge is 0.353 e. The molecule has 3 aromatic carbocycles. The summed E-state index contributed by atoms with van der Waals surface area (Å²) in [4.78, 5) is 12.6. The van der Waals surface area contributed by atoms with E-state index in [2.05, 4.69) is 10.5 Å². The van der Waals surface area contributed by atoms with Crippen molar-refractivity contribution in [1.82, 2.24) is 5.16 Å². The minimum atomic E-state index is -0.251. The minimum Gasteiger partial charge on any atom is -0.353 e. The number of aromatic nitrogens is 1. The van der Waals surface area contributed by atoms with Crippen LogP contribution in [-0.4, -0.2) is 11.1 Å². The fraction of sp³-hybridized carbons (Fsp3) is 0. The van der Waals surface area contributed by atoms with Gasteiger partial charge in [0.1, 0.15) is 0 Å². The van der Waals surface area contributed by atoms with Gasteiger partial charge in [-0.15, -0.1) is 0 Å². The molecule has 1 N–H and O–H groups in total. The maximum atomic E-state index is 12.6. The highest BCUT2D eigenvalue weighted by molar-refractivity contribution is 6.30. The predicted octanol–water partition coefficient (Wildman–Crippen LogP) is 5.91. The highest BCUT2D eigenvalue weighted by Gasteiger charge is 2.21. The molecular formula is C22H15ClN2O2. The van der Waals surface area contributed by atoms with Crippen LogP contribution in [0.3, 0.4) is 0 Å². The Morgan fingerprint density at radius 3 is 2.11 bits per heavy atom. The standard InChI is InChI=1S/C22H15ClN2O2/c23-18-13-11-15(12-14-18)19-20(16-7-3-1-4-8-16)27-25-21(19)24-22(26)17-9-5-2-6-10-17/h1-14H,(H,24,25,26). The fourth-order valence-electron chi connectivity index (χ4n) is 2.82. The van der Waals surface area contributed by atoms with E-state index in [0.717, 1.165) is 11.1 Å². The highest BCUT2D eigenvalue weighted by Crippen LogP contribution is 2.38. The molecular weight excluding hydrogens is 360 g/mol. The zero-order valence-corrected chi connectivity index (χ0v) is 15.0. The van der Waals surface area contributed by atoms with Crippen molar-refractivity contribution in [2.24, 2.45) is 0 Å². The van der Waals surface area contributed by atoms with Crippen LogP contribution in [0.15, 0.2) is 89.5 Å². The second-order valence-corrected chi connectivity index (χ2v) is 6.36. The lowest BCUT2D eigenvalue weighted by atomic mass is 10.0. The summed E-state index contributed by atoms with van der Waals surface area (Å²) in [5.41, 5.74) is 2.98. The van der Waals surface area contributed by atoms with Gasteiger partial charge in [-0.2, -0.15) is 0 Å². The van der Waals surface area contributed by atoms with Gasteiger partial charge in [-0.05, 0) is 29.8 Å². The molecule has 4 aromatic rings. The molecule has 0 atom stereocenters.